The summed E-state index contributed by atoms with van der Waals surface area (Å²) >= 11 is 0. The quantitative estimate of drug-likeness (QED) is 0.319. The van der Waals surface area contributed by atoms with Crippen molar-refractivity contribution in [1.29, 1.82) is 0 Å². The summed E-state index contributed by atoms with van der Waals surface area (Å²) in [5.41, 5.74) is 1.53. The van der Waals surface area contributed by atoms with Gasteiger partial charge >= 0.3 is 5.69 Å². The number of nitro benzene ring substituents is 1. The summed E-state index contributed by atoms with van der Waals surface area (Å²) in [5, 5.41) is 28.3. The summed E-state index contributed by atoms with van der Waals surface area (Å²) in [4.78, 5) is 33.3. The van der Waals surface area contributed by atoms with Crippen LogP contribution in [0.3, 0.4) is 0 Å². The Morgan fingerprint density at radius 1 is 1.06 bits per heavy atom. The predicted molar refractivity (Wildman–Crippen MR) is 126 cm³/mol. The Balaban J connectivity index is 1.69. The zero-order valence-corrected chi connectivity index (χ0v) is 19.1. The first-order valence-corrected chi connectivity index (χ1v) is 10.4. The number of carbonyl (C=O) groups excluding carboxylic acids is 1. The number of ether oxygens (including phenoxy) is 2. The van der Waals surface area contributed by atoms with Crippen molar-refractivity contribution in [2.24, 2.45) is 0 Å². The van der Waals surface area contributed by atoms with E-state index in [0.29, 0.717) is 34.9 Å². The van der Waals surface area contributed by atoms with Crippen LogP contribution in [0.15, 0.2) is 40.9 Å². The number of rotatable bonds is 10. The Morgan fingerprint density at radius 3 is 2.49 bits per heavy atom. The van der Waals surface area contributed by atoms with Crippen molar-refractivity contribution < 1.29 is 28.6 Å². The van der Waals surface area contributed by atoms with E-state index < -0.39 is 15.8 Å². The number of hydrogen-bond acceptors (Lipinski definition) is 9. The fourth-order valence-electron chi connectivity index (χ4n) is 3.13. The molecule has 1 amide bonds. The number of nitrogens with zero attached hydrogens (tertiary/aromatic N) is 3. The summed E-state index contributed by atoms with van der Waals surface area (Å²) < 4.78 is 16.2. The average molecular weight is 482 g/mol. The molecule has 35 heavy (non-hydrogen) atoms. The van der Waals surface area contributed by atoms with Crippen molar-refractivity contribution in [2.75, 3.05) is 18.5 Å². The minimum absolute atomic E-state index is 0.0176. The number of nitro groups is 2. The molecule has 0 bridgehead atoms. The molecule has 12 heteroatoms. The highest BCUT2D eigenvalue weighted by molar-refractivity contribution is 5.92. The van der Waals surface area contributed by atoms with E-state index in [4.69, 9.17) is 14.0 Å². The lowest BCUT2D eigenvalue weighted by Gasteiger charge is -2.13. The highest BCUT2D eigenvalue weighted by atomic mass is 16.6. The summed E-state index contributed by atoms with van der Waals surface area (Å²) in [6.07, 6.45) is 3.03. The third-order valence-electron chi connectivity index (χ3n) is 4.79. The molecule has 12 nitrogen and oxygen atoms in total. The number of aryl methyl sites for hydroxylation is 2. The van der Waals surface area contributed by atoms with Crippen LogP contribution in [0.1, 0.15) is 29.5 Å². The zero-order valence-electron chi connectivity index (χ0n) is 19.1. The van der Waals surface area contributed by atoms with Gasteiger partial charge in [0, 0.05) is 17.8 Å². The summed E-state index contributed by atoms with van der Waals surface area (Å²) in [6, 6.07) is 9.07. The Labute approximate surface area is 199 Å². The van der Waals surface area contributed by atoms with Gasteiger partial charge in [-0.25, -0.2) is 0 Å². The number of amides is 1. The molecule has 3 rings (SSSR count). The largest absolute Gasteiger partial charge is 0.490 e. The molecule has 3 aromatic rings. The van der Waals surface area contributed by atoms with E-state index in [0.717, 1.165) is 0 Å². The van der Waals surface area contributed by atoms with Gasteiger partial charge in [-0.2, -0.15) is 0 Å². The van der Waals surface area contributed by atoms with Crippen molar-refractivity contribution in [3.05, 3.63) is 79.2 Å². The summed E-state index contributed by atoms with van der Waals surface area (Å²) in [6.45, 7) is 4.94. The maximum Gasteiger partial charge on any atom is 0.338 e. The van der Waals surface area contributed by atoms with Crippen LogP contribution in [0.5, 0.6) is 11.5 Å². The Morgan fingerprint density at radius 2 is 1.83 bits per heavy atom. The first-order chi connectivity index (χ1) is 16.7. The first-order valence-electron chi connectivity index (χ1n) is 10.4. The molecule has 0 aliphatic carbocycles. The number of carbonyl (C=O) groups is 1. The van der Waals surface area contributed by atoms with Crippen molar-refractivity contribution in [1.82, 2.24) is 5.16 Å². The van der Waals surface area contributed by atoms with Gasteiger partial charge in [0.25, 0.3) is 11.6 Å². The molecule has 0 fully saturated rings. The van der Waals surface area contributed by atoms with E-state index >= 15 is 0 Å². The smallest absolute Gasteiger partial charge is 0.338 e. The van der Waals surface area contributed by atoms with Crippen LogP contribution in [0.25, 0.3) is 12.2 Å². The standard InChI is InChI=1S/C23H22N4O8/c1-4-33-21-12-16(6-10-20-23(27(31)32)15(3)25-35-20)5-9-19(21)34-13-22(28)24-18-8-7-17(26(29)30)11-14(18)2/h5-12H,4,13H2,1-3H3,(H,24,28)/b10-6+. The van der Waals surface area contributed by atoms with Crippen molar-refractivity contribution >= 4 is 35.1 Å². The van der Waals surface area contributed by atoms with Gasteiger partial charge < -0.3 is 19.3 Å². The fourth-order valence-corrected chi connectivity index (χ4v) is 3.13. The minimum Gasteiger partial charge on any atom is -0.490 e. The molecule has 0 radical (unpaired) electrons. The van der Waals surface area contributed by atoms with Crippen LogP contribution >= 0.6 is 0 Å². The van der Waals surface area contributed by atoms with E-state index in [1.807, 2.05) is 0 Å². The van der Waals surface area contributed by atoms with Gasteiger partial charge in [0.15, 0.2) is 23.8 Å². The molecule has 0 aliphatic heterocycles. The number of benzene rings is 2. The first kappa shape index (κ1) is 24.9. The van der Waals surface area contributed by atoms with Gasteiger partial charge in [-0.3, -0.25) is 25.0 Å². The lowest BCUT2D eigenvalue weighted by molar-refractivity contribution is -0.386. The van der Waals surface area contributed by atoms with Gasteiger partial charge in [-0.05, 0) is 56.2 Å². The molecular weight excluding hydrogens is 460 g/mol. The number of anilines is 1. The monoisotopic (exact) mass is 482 g/mol. The van der Waals surface area contributed by atoms with Crippen LogP contribution < -0.4 is 14.8 Å². The third-order valence-corrected chi connectivity index (χ3v) is 4.79. The lowest BCUT2D eigenvalue weighted by Crippen LogP contribution is -2.21. The Bertz CT molecular complexity index is 1300. The van der Waals surface area contributed by atoms with Crippen LogP contribution in [0.2, 0.25) is 0 Å². The molecule has 2 aromatic carbocycles. The molecule has 182 valence electrons. The highest BCUT2D eigenvalue weighted by Gasteiger charge is 2.22. The number of nitrogens with one attached hydrogen (secondary N) is 1. The molecule has 1 heterocycles. The topological polar surface area (TPSA) is 160 Å². The Hall–Kier alpha value is -4.74. The van der Waals surface area contributed by atoms with Crippen molar-refractivity contribution in [2.45, 2.75) is 20.8 Å². The fraction of sp³-hybridized carbons (Fsp3) is 0.217. The molecule has 0 atom stereocenters. The molecule has 0 saturated heterocycles. The number of aromatic nitrogens is 1. The average Bonchev–Trinajstić information content (AvgIpc) is 3.19. The van der Waals surface area contributed by atoms with Crippen LogP contribution in [-0.4, -0.2) is 34.1 Å². The van der Waals surface area contributed by atoms with E-state index in [9.17, 15) is 25.0 Å². The molecule has 0 aliphatic rings. The third kappa shape index (κ3) is 6.19. The number of hydrogen-bond donors (Lipinski definition) is 1. The van der Waals surface area contributed by atoms with Crippen LogP contribution in [0, 0.1) is 34.1 Å². The second-order valence-electron chi connectivity index (χ2n) is 7.30. The second-order valence-corrected chi connectivity index (χ2v) is 7.30. The minimum atomic E-state index is -0.558. The number of non-ortho nitro benzene ring substituents is 1. The van der Waals surface area contributed by atoms with Crippen LogP contribution in [-0.2, 0) is 4.79 Å². The normalized spacial score (nSPS) is 10.8. The maximum absolute atomic E-state index is 12.3. The SMILES string of the molecule is CCOc1cc(/C=C/c2onc(C)c2[N+](=O)[O-])ccc1OCC(=O)Nc1ccc([N+](=O)[O-])cc1C. The second kappa shape index (κ2) is 10.9. The Kier molecular flexibility index (Phi) is 7.77. The lowest BCUT2D eigenvalue weighted by atomic mass is 10.1. The maximum atomic E-state index is 12.3. The summed E-state index contributed by atoms with van der Waals surface area (Å²) in [5.74, 6) is 0.253. The van der Waals surface area contributed by atoms with E-state index in [2.05, 4.69) is 10.5 Å². The zero-order chi connectivity index (χ0) is 25.5. The molecule has 1 N–H and O–H groups in total. The summed E-state index contributed by atoms with van der Waals surface area (Å²) in [7, 11) is 0. The van der Waals surface area contributed by atoms with E-state index in [1.54, 1.807) is 38.1 Å². The molecule has 0 spiro atoms. The van der Waals surface area contributed by atoms with E-state index in [-0.39, 0.29) is 29.4 Å². The van der Waals surface area contributed by atoms with Gasteiger partial charge in [-0.15, -0.1) is 0 Å². The molecule has 0 saturated carbocycles. The molecular formula is C23H22N4O8. The highest BCUT2D eigenvalue weighted by Crippen LogP contribution is 2.30. The van der Waals surface area contributed by atoms with Gasteiger partial charge in [0.05, 0.1) is 16.5 Å². The van der Waals surface area contributed by atoms with Gasteiger partial charge in [-0.1, -0.05) is 17.3 Å². The van der Waals surface area contributed by atoms with Crippen molar-refractivity contribution in [3.8, 4) is 11.5 Å². The van der Waals surface area contributed by atoms with Crippen molar-refractivity contribution in [3.63, 3.8) is 0 Å². The predicted octanol–water partition coefficient (Wildman–Crippen LogP) is 4.69. The van der Waals surface area contributed by atoms with Gasteiger partial charge in [0.1, 0.15) is 0 Å². The van der Waals surface area contributed by atoms with E-state index in [1.165, 1.54) is 31.2 Å². The molecule has 1 aromatic heterocycles. The molecule has 0 unspecified atom stereocenters. The van der Waals surface area contributed by atoms with Crippen LogP contribution in [0.4, 0.5) is 17.1 Å². The van der Waals surface area contributed by atoms with Gasteiger partial charge in [0.2, 0.25) is 5.76 Å².